The molecule has 140 valence electrons. The van der Waals surface area contributed by atoms with Crippen molar-refractivity contribution in [3.8, 4) is 0 Å². The highest BCUT2D eigenvalue weighted by Gasteiger charge is 2.24. The van der Waals surface area contributed by atoms with Crippen molar-refractivity contribution in [2.75, 3.05) is 33.2 Å². The van der Waals surface area contributed by atoms with E-state index in [1.54, 1.807) is 17.0 Å². The lowest BCUT2D eigenvalue weighted by atomic mass is 10.2. The van der Waals surface area contributed by atoms with Gasteiger partial charge in [-0.1, -0.05) is 6.07 Å². The second kappa shape index (κ2) is 7.52. The zero-order chi connectivity index (χ0) is 18.7. The van der Waals surface area contributed by atoms with E-state index in [0.29, 0.717) is 38.3 Å². The molecule has 0 atom stereocenters. The lowest BCUT2D eigenvalue weighted by molar-refractivity contribution is 0.0625. The van der Waals surface area contributed by atoms with Crippen LogP contribution < -0.4 is 4.72 Å². The molecule has 1 aliphatic heterocycles. The number of nitrogens with zero attached hydrogens (tertiary/aromatic N) is 4. The van der Waals surface area contributed by atoms with Crippen LogP contribution in [0.2, 0.25) is 0 Å². The Kier molecular flexibility index (Phi) is 5.35. The maximum Gasteiger partial charge on any atom is 0.253 e. The molecule has 0 unspecified atom stereocenters. The van der Waals surface area contributed by atoms with E-state index in [0.717, 1.165) is 11.6 Å². The Bertz CT molecular complexity index is 887. The number of nitrogens with one attached hydrogen (secondary N) is 2. The average Bonchev–Trinajstić information content (AvgIpc) is 3.06. The van der Waals surface area contributed by atoms with Crippen LogP contribution >= 0.6 is 0 Å². The molecule has 10 heteroatoms. The largest absolute Gasteiger partial charge is 0.336 e. The Morgan fingerprint density at radius 1 is 1.27 bits per heavy atom. The monoisotopic (exact) mass is 378 g/mol. The van der Waals surface area contributed by atoms with Crippen molar-refractivity contribution >= 4 is 15.9 Å². The van der Waals surface area contributed by atoms with Crippen molar-refractivity contribution < 1.29 is 13.2 Å². The van der Waals surface area contributed by atoms with E-state index in [1.165, 1.54) is 19.2 Å². The predicted octanol–water partition coefficient (Wildman–Crippen LogP) is -0.0208. The molecule has 2 heterocycles. The number of hydrogen-bond acceptors (Lipinski definition) is 6. The fourth-order valence-corrected chi connectivity index (χ4v) is 3.64. The summed E-state index contributed by atoms with van der Waals surface area (Å²) in [5, 5.41) is 6.95. The molecule has 1 aromatic carbocycles. The molecule has 0 bridgehead atoms. The van der Waals surface area contributed by atoms with E-state index in [1.807, 2.05) is 6.92 Å². The number of carbonyl (C=O) groups excluding carboxylic acids is 1. The number of aryl methyl sites for hydroxylation is 1. The zero-order valence-electron chi connectivity index (χ0n) is 14.8. The number of sulfonamides is 1. The Morgan fingerprint density at radius 3 is 2.62 bits per heavy atom. The molecule has 9 nitrogen and oxygen atoms in total. The Labute approximate surface area is 152 Å². The lowest BCUT2D eigenvalue weighted by Gasteiger charge is -2.34. The van der Waals surface area contributed by atoms with Crippen molar-refractivity contribution in [3.63, 3.8) is 0 Å². The van der Waals surface area contributed by atoms with E-state index < -0.39 is 10.0 Å². The summed E-state index contributed by atoms with van der Waals surface area (Å²) >= 11 is 0. The van der Waals surface area contributed by atoms with Gasteiger partial charge in [-0.05, 0) is 32.2 Å². The number of benzene rings is 1. The molecule has 1 fully saturated rings. The molecule has 1 saturated heterocycles. The molecular weight excluding hydrogens is 356 g/mol. The summed E-state index contributed by atoms with van der Waals surface area (Å²) < 4.78 is 26.1. The number of rotatable bonds is 5. The number of piperazine rings is 1. The minimum absolute atomic E-state index is 0.0875. The van der Waals surface area contributed by atoms with Gasteiger partial charge in [-0.15, -0.1) is 0 Å². The number of aromatic amines is 1. The summed E-state index contributed by atoms with van der Waals surface area (Å²) in [7, 11) is -2.23. The van der Waals surface area contributed by atoms with Crippen LogP contribution in [0.1, 0.15) is 22.0 Å². The van der Waals surface area contributed by atoms with Crippen molar-refractivity contribution in [1.82, 2.24) is 29.7 Å². The highest BCUT2D eigenvalue weighted by molar-refractivity contribution is 7.89. The van der Waals surface area contributed by atoms with Gasteiger partial charge in [-0.25, -0.2) is 18.1 Å². The minimum Gasteiger partial charge on any atom is -0.336 e. The fraction of sp³-hybridized carbons (Fsp3) is 0.438. The molecule has 1 aromatic heterocycles. The first kappa shape index (κ1) is 18.5. The summed E-state index contributed by atoms with van der Waals surface area (Å²) in [5.41, 5.74) is 0.374. The summed E-state index contributed by atoms with van der Waals surface area (Å²) in [6.45, 7) is 5.08. The molecule has 0 saturated carbocycles. The van der Waals surface area contributed by atoms with Gasteiger partial charge in [-0.2, -0.15) is 5.10 Å². The Balaban J connectivity index is 1.62. The van der Waals surface area contributed by atoms with Crippen LogP contribution in [-0.2, 0) is 16.6 Å². The highest BCUT2D eigenvalue weighted by atomic mass is 32.2. The van der Waals surface area contributed by atoms with Crippen LogP contribution in [0.15, 0.2) is 29.2 Å². The molecule has 1 amide bonds. The van der Waals surface area contributed by atoms with Gasteiger partial charge in [0.25, 0.3) is 5.91 Å². The van der Waals surface area contributed by atoms with E-state index in [-0.39, 0.29) is 10.8 Å². The summed E-state index contributed by atoms with van der Waals surface area (Å²) in [6.07, 6.45) is 0. The van der Waals surface area contributed by atoms with Gasteiger partial charge in [0.2, 0.25) is 10.0 Å². The third kappa shape index (κ3) is 4.09. The molecule has 0 spiro atoms. The van der Waals surface area contributed by atoms with Crippen LogP contribution in [0.3, 0.4) is 0 Å². The van der Waals surface area contributed by atoms with Crippen LogP contribution in [0.5, 0.6) is 0 Å². The molecule has 0 radical (unpaired) electrons. The maximum atomic E-state index is 12.7. The molecule has 2 N–H and O–H groups in total. The fourth-order valence-electron chi connectivity index (χ4n) is 2.87. The van der Waals surface area contributed by atoms with E-state index in [2.05, 4.69) is 24.8 Å². The van der Waals surface area contributed by atoms with Gasteiger partial charge in [0, 0.05) is 31.7 Å². The number of H-pyrrole nitrogens is 1. The van der Waals surface area contributed by atoms with Gasteiger partial charge < -0.3 is 4.90 Å². The van der Waals surface area contributed by atoms with Gasteiger partial charge >= 0.3 is 0 Å². The van der Waals surface area contributed by atoms with Gasteiger partial charge in [-0.3, -0.25) is 14.8 Å². The van der Waals surface area contributed by atoms with E-state index >= 15 is 0 Å². The maximum absolute atomic E-state index is 12.7. The molecule has 1 aliphatic rings. The number of aromatic nitrogens is 3. The van der Waals surface area contributed by atoms with E-state index in [9.17, 15) is 13.2 Å². The minimum atomic E-state index is -3.57. The summed E-state index contributed by atoms with van der Waals surface area (Å²) in [5.74, 6) is 1.36. The second-order valence-electron chi connectivity index (χ2n) is 6.14. The normalized spacial score (nSPS) is 16.0. The Hall–Kier alpha value is -2.30. The second-order valence-corrected chi connectivity index (χ2v) is 8.03. The van der Waals surface area contributed by atoms with Crippen molar-refractivity contribution in [2.24, 2.45) is 0 Å². The number of hydrogen-bond donors (Lipinski definition) is 2. The molecule has 0 aliphatic carbocycles. The standard InChI is InChI=1S/C16H22N6O3S/c1-12-18-15(20-19-12)11-21-6-8-22(9-7-21)16(23)13-4-3-5-14(10-13)26(24,25)17-2/h3-5,10,17H,6-9,11H2,1-2H3,(H,18,19,20). The molecular formula is C16H22N6O3S. The first-order chi connectivity index (χ1) is 12.4. The van der Waals surface area contributed by atoms with Gasteiger partial charge in [0.15, 0.2) is 5.82 Å². The van der Waals surface area contributed by atoms with Crippen molar-refractivity contribution in [3.05, 3.63) is 41.5 Å². The molecule has 2 aromatic rings. The van der Waals surface area contributed by atoms with E-state index in [4.69, 9.17) is 0 Å². The van der Waals surface area contributed by atoms with Crippen LogP contribution in [0.4, 0.5) is 0 Å². The average molecular weight is 378 g/mol. The Morgan fingerprint density at radius 2 is 2.00 bits per heavy atom. The number of amides is 1. The molecule has 3 rings (SSSR count). The third-order valence-electron chi connectivity index (χ3n) is 4.33. The highest BCUT2D eigenvalue weighted by Crippen LogP contribution is 2.15. The first-order valence-corrected chi connectivity index (χ1v) is 9.80. The topological polar surface area (TPSA) is 111 Å². The third-order valence-corrected chi connectivity index (χ3v) is 5.74. The smallest absolute Gasteiger partial charge is 0.253 e. The predicted molar refractivity (Wildman–Crippen MR) is 95.0 cm³/mol. The molecule has 26 heavy (non-hydrogen) atoms. The summed E-state index contributed by atoms with van der Waals surface area (Å²) in [6, 6.07) is 6.11. The van der Waals surface area contributed by atoms with Crippen LogP contribution in [0, 0.1) is 6.92 Å². The first-order valence-electron chi connectivity index (χ1n) is 8.32. The summed E-state index contributed by atoms with van der Waals surface area (Å²) in [4.78, 5) is 21.0. The SMILES string of the molecule is CNS(=O)(=O)c1cccc(C(=O)N2CCN(Cc3n[nH]c(C)n3)CC2)c1. The van der Waals surface area contributed by atoms with Gasteiger partial charge in [0.05, 0.1) is 11.4 Å². The quantitative estimate of drug-likeness (QED) is 0.756. The van der Waals surface area contributed by atoms with Crippen LogP contribution in [0.25, 0.3) is 0 Å². The van der Waals surface area contributed by atoms with Crippen molar-refractivity contribution in [1.29, 1.82) is 0 Å². The zero-order valence-corrected chi connectivity index (χ0v) is 15.6. The van der Waals surface area contributed by atoms with Crippen molar-refractivity contribution in [2.45, 2.75) is 18.4 Å². The number of carbonyl (C=O) groups is 1. The lowest BCUT2D eigenvalue weighted by Crippen LogP contribution is -2.48. The van der Waals surface area contributed by atoms with Gasteiger partial charge in [0.1, 0.15) is 5.82 Å². The van der Waals surface area contributed by atoms with Crippen LogP contribution in [-0.4, -0.2) is 72.5 Å².